The van der Waals surface area contributed by atoms with Gasteiger partial charge in [0.1, 0.15) is 11.4 Å². The number of carbonyl (C=O) groups is 2. The first-order chi connectivity index (χ1) is 8.65. The molecular formula is C15H27NO3. The molecule has 110 valence electrons. The van der Waals surface area contributed by atoms with Crippen molar-refractivity contribution in [3.8, 4) is 0 Å². The predicted molar refractivity (Wildman–Crippen MR) is 77.1 cm³/mol. The van der Waals surface area contributed by atoms with Gasteiger partial charge in [-0.15, -0.1) is 0 Å². The Balaban J connectivity index is 4.14. The quantitative estimate of drug-likeness (QED) is 0.694. The molecule has 0 aliphatic heterocycles. The van der Waals surface area contributed by atoms with Crippen molar-refractivity contribution in [2.24, 2.45) is 5.92 Å². The van der Waals surface area contributed by atoms with Gasteiger partial charge in [0.05, 0.1) is 0 Å². The molecule has 1 amide bonds. The molecule has 0 bridgehead atoms. The average Bonchev–Trinajstić information content (AvgIpc) is 2.26. The summed E-state index contributed by atoms with van der Waals surface area (Å²) < 4.78 is 5.27. The molecule has 0 saturated heterocycles. The highest BCUT2D eigenvalue weighted by Crippen LogP contribution is 2.10. The second-order valence-electron chi connectivity index (χ2n) is 5.86. The number of ketones is 1. The summed E-state index contributed by atoms with van der Waals surface area (Å²) in [6.07, 6.45) is 4.55. The van der Waals surface area contributed by atoms with Crippen molar-refractivity contribution in [3.05, 3.63) is 12.2 Å². The molecule has 1 atom stereocenters. The highest BCUT2D eigenvalue weighted by atomic mass is 16.6. The minimum Gasteiger partial charge on any atom is -0.444 e. The number of ether oxygens (including phenoxy) is 1. The highest BCUT2D eigenvalue weighted by Gasteiger charge is 2.20. The zero-order valence-corrected chi connectivity index (χ0v) is 13.0. The lowest BCUT2D eigenvalue weighted by atomic mass is 10.1. The number of hydrogen-bond donors (Lipinski definition) is 0. The summed E-state index contributed by atoms with van der Waals surface area (Å²) in [5.41, 5.74) is -0.474. The maximum Gasteiger partial charge on any atom is 0.410 e. The van der Waals surface area contributed by atoms with Crippen LogP contribution in [0.5, 0.6) is 0 Å². The molecule has 0 radical (unpaired) electrons. The van der Waals surface area contributed by atoms with Gasteiger partial charge in [-0.25, -0.2) is 4.79 Å². The first kappa shape index (κ1) is 17.7. The summed E-state index contributed by atoms with van der Waals surface area (Å²) in [6.45, 7) is 9.98. The first-order valence-electron chi connectivity index (χ1n) is 6.78. The summed E-state index contributed by atoms with van der Waals surface area (Å²) in [6, 6.07) is 0. The van der Waals surface area contributed by atoms with E-state index in [1.54, 1.807) is 11.9 Å². The number of allylic oxidation sites excluding steroid dienone is 1. The lowest BCUT2D eigenvalue weighted by Gasteiger charge is -2.25. The maximum absolute atomic E-state index is 11.7. The zero-order valence-electron chi connectivity index (χ0n) is 13.0. The van der Waals surface area contributed by atoms with Crippen LogP contribution in [0.2, 0.25) is 0 Å². The van der Waals surface area contributed by atoms with Crippen molar-refractivity contribution in [1.82, 2.24) is 4.90 Å². The standard InChI is InChI=1S/C15H27NO3/c1-7-13(17)10-8-9-12(2)11-16(6)14(18)19-15(3,4)5/h8-9,12H,7,10-11H2,1-6H3/b9-8+. The van der Waals surface area contributed by atoms with Crippen molar-refractivity contribution in [3.63, 3.8) is 0 Å². The number of carbonyl (C=O) groups excluding carboxylic acids is 2. The first-order valence-corrected chi connectivity index (χ1v) is 6.78. The minimum atomic E-state index is -0.474. The van der Waals surface area contributed by atoms with E-state index < -0.39 is 5.60 Å². The van der Waals surface area contributed by atoms with Gasteiger partial charge >= 0.3 is 6.09 Å². The fourth-order valence-electron chi connectivity index (χ4n) is 1.48. The van der Waals surface area contributed by atoms with E-state index in [0.29, 0.717) is 19.4 Å². The van der Waals surface area contributed by atoms with Crippen molar-refractivity contribution in [2.45, 2.75) is 53.1 Å². The van der Waals surface area contributed by atoms with Gasteiger partial charge in [0.15, 0.2) is 0 Å². The Morgan fingerprint density at radius 1 is 1.32 bits per heavy atom. The Hall–Kier alpha value is -1.32. The van der Waals surface area contributed by atoms with Crippen LogP contribution in [0, 0.1) is 5.92 Å². The van der Waals surface area contributed by atoms with E-state index in [0.717, 1.165) is 0 Å². The molecule has 0 N–H and O–H groups in total. The fraction of sp³-hybridized carbons (Fsp3) is 0.733. The topological polar surface area (TPSA) is 46.6 Å². The summed E-state index contributed by atoms with van der Waals surface area (Å²) >= 11 is 0. The third kappa shape index (κ3) is 9.28. The SMILES string of the molecule is CCC(=O)C/C=C/C(C)CN(C)C(=O)OC(C)(C)C. The fourth-order valence-corrected chi connectivity index (χ4v) is 1.48. The molecule has 0 fully saturated rings. The third-order valence-electron chi connectivity index (χ3n) is 2.47. The molecule has 0 aromatic heterocycles. The van der Waals surface area contributed by atoms with Crippen LogP contribution in [-0.2, 0) is 9.53 Å². The Labute approximate surface area is 116 Å². The van der Waals surface area contributed by atoms with Gasteiger partial charge in [0.25, 0.3) is 0 Å². The summed E-state index contributed by atoms with van der Waals surface area (Å²) in [7, 11) is 1.72. The second-order valence-corrected chi connectivity index (χ2v) is 5.86. The van der Waals surface area contributed by atoms with Crippen molar-refractivity contribution >= 4 is 11.9 Å². The van der Waals surface area contributed by atoms with Crippen LogP contribution in [0.15, 0.2) is 12.2 Å². The van der Waals surface area contributed by atoms with Gasteiger partial charge in [-0.05, 0) is 26.7 Å². The van der Waals surface area contributed by atoms with Crippen molar-refractivity contribution < 1.29 is 14.3 Å². The van der Waals surface area contributed by atoms with Crippen LogP contribution < -0.4 is 0 Å². The van der Waals surface area contributed by atoms with Gasteiger partial charge in [-0.3, -0.25) is 4.79 Å². The molecule has 19 heavy (non-hydrogen) atoms. The van der Waals surface area contributed by atoms with E-state index >= 15 is 0 Å². The van der Waals surface area contributed by atoms with E-state index in [9.17, 15) is 9.59 Å². The Bertz CT molecular complexity index is 329. The maximum atomic E-state index is 11.7. The van der Waals surface area contributed by atoms with Gasteiger partial charge < -0.3 is 9.64 Å². The molecule has 0 rings (SSSR count). The van der Waals surface area contributed by atoms with Crippen LogP contribution in [-0.4, -0.2) is 36.0 Å². The van der Waals surface area contributed by atoms with Crippen LogP contribution in [0.3, 0.4) is 0 Å². The van der Waals surface area contributed by atoms with E-state index in [1.807, 2.05) is 46.8 Å². The van der Waals surface area contributed by atoms with E-state index in [1.165, 1.54) is 0 Å². The molecule has 0 aliphatic rings. The van der Waals surface area contributed by atoms with Crippen LogP contribution >= 0.6 is 0 Å². The van der Waals surface area contributed by atoms with E-state index in [4.69, 9.17) is 4.74 Å². The van der Waals surface area contributed by atoms with Crippen molar-refractivity contribution in [2.75, 3.05) is 13.6 Å². The van der Waals surface area contributed by atoms with E-state index in [-0.39, 0.29) is 17.8 Å². The van der Waals surface area contributed by atoms with Gasteiger partial charge in [-0.2, -0.15) is 0 Å². The minimum absolute atomic E-state index is 0.196. The summed E-state index contributed by atoms with van der Waals surface area (Å²) in [5, 5.41) is 0. The predicted octanol–water partition coefficient (Wildman–Crippen LogP) is 3.41. The lowest BCUT2D eigenvalue weighted by Crippen LogP contribution is -2.36. The number of Topliss-reactive ketones (excluding diaryl/α,β-unsaturated/α-hetero) is 1. The Kier molecular flexibility index (Phi) is 7.42. The Morgan fingerprint density at radius 2 is 1.89 bits per heavy atom. The molecule has 1 unspecified atom stereocenters. The highest BCUT2D eigenvalue weighted by molar-refractivity contribution is 5.79. The molecule has 4 heteroatoms. The lowest BCUT2D eigenvalue weighted by molar-refractivity contribution is -0.117. The number of hydrogen-bond acceptors (Lipinski definition) is 3. The number of nitrogens with zero attached hydrogens (tertiary/aromatic N) is 1. The van der Waals surface area contributed by atoms with Crippen LogP contribution in [0.1, 0.15) is 47.5 Å². The second kappa shape index (κ2) is 7.97. The molecule has 0 aliphatic carbocycles. The molecular weight excluding hydrogens is 242 g/mol. The molecule has 0 aromatic rings. The molecule has 0 spiro atoms. The molecule has 0 aromatic carbocycles. The smallest absolute Gasteiger partial charge is 0.410 e. The molecule has 0 heterocycles. The van der Waals surface area contributed by atoms with Gasteiger partial charge in [-0.1, -0.05) is 26.0 Å². The monoisotopic (exact) mass is 269 g/mol. The third-order valence-corrected chi connectivity index (χ3v) is 2.47. The van der Waals surface area contributed by atoms with Crippen LogP contribution in [0.25, 0.3) is 0 Å². The van der Waals surface area contributed by atoms with E-state index in [2.05, 4.69) is 0 Å². The summed E-state index contributed by atoms with van der Waals surface area (Å²) in [5.74, 6) is 0.422. The number of amides is 1. The molecule has 0 saturated carbocycles. The number of rotatable bonds is 6. The van der Waals surface area contributed by atoms with Gasteiger partial charge in [0, 0.05) is 26.4 Å². The van der Waals surface area contributed by atoms with Crippen molar-refractivity contribution in [1.29, 1.82) is 0 Å². The summed E-state index contributed by atoms with van der Waals surface area (Å²) in [4.78, 5) is 24.5. The normalized spacial score (nSPS) is 13.4. The largest absolute Gasteiger partial charge is 0.444 e. The van der Waals surface area contributed by atoms with Crippen LogP contribution in [0.4, 0.5) is 4.79 Å². The molecule has 4 nitrogen and oxygen atoms in total. The zero-order chi connectivity index (χ0) is 15.1. The van der Waals surface area contributed by atoms with Gasteiger partial charge in [0.2, 0.25) is 0 Å². The Morgan fingerprint density at radius 3 is 2.37 bits per heavy atom. The average molecular weight is 269 g/mol.